The fourth-order valence-corrected chi connectivity index (χ4v) is 4.88. The van der Waals surface area contributed by atoms with Crippen molar-refractivity contribution in [2.45, 2.75) is 48.2 Å². The third kappa shape index (κ3) is 2.20. The monoisotopic (exact) mass is 253 g/mol. The number of nitrogens with zero attached hydrogens (tertiary/aromatic N) is 1. The van der Waals surface area contributed by atoms with Gasteiger partial charge in [0.15, 0.2) is 0 Å². The molecular weight excluding hydrogens is 237 g/mol. The lowest BCUT2D eigenvalue weighted by molar-refractivity contribution is 0.00374. The van der Waals surface area contributed by atoms with Crippen molar-refractivity contribution in [3.63, 3.8) is 0 Å². The van der Waals surface area contributed by atoms with E-state index in [2.05, 4.69) is 4.98 Å². The number of pyridine rings is 1. The minimum atomic E-state index is -0.914. The van der Waals surface area contributed by atoms with E-state index in [4.69, 9.17) is 0 Å². The fraction of sp³-hybridized carbons (Fsp3) is 0.615. The van der Waals surface area contributed by atoms with Gasteiger partial charge in [0, 0.05) is 16.7 Å². The molecule has 2 atom stereocenters. The molecule has 0 saturated carbocycles. The normalized spacial score (nSPS) is 36.8. The first kappa shape index (κ1) is 11.5. The minimum Gasteiger partial charge on any atom is -0.383 e. The first-order valence-corrected chi connectivity index (χ1v) is 7.10. The second-order valence-electron chi connectivity index (χ2n) is 5.11. The Kier molecular flexibility index (Phi) is 2.87. The van der Waals surface area contributed by atoms with Crippen LogP contribution in [0.5, 0.6) is 0 Å². The van der Waals surface area contributed by atoms with Crippen LogP contribution in [0.15, 0.2) is 18.3 Å². The predicted molar refractivity (Wildman–Crippen MR) is 66.3 cm³/mol. The number of aliphatic hydroxyl groups is 1. The Morgan fingerprint density at radius 3 is 2.71 bits per heavy atom. The van der Waals surface area contributed by atoms with Crippen molar-refractivity contribution >= 4 is 11.8 Å². The number of halogens is 1. The van der Waals surface area contributed by atoms with Gasteiger partial charge in [0.05, 0.1) is 5.69 Å². The molecule has 2 aliphatic rings. The van der Waals surface area contributed by atoms with E-state index in [1.807, 2.05) is 11.8 Å². The van der Waals surface area contributed by atoms with Crippen LogP contribution in [0.25, 0.3) is 0 Å². The van der Waals surface area contributed by atoms with Crippen molar-refractivity contribution in [1.29, 1.82) is 0 Å². The molecule has 92 valence electrons. The maximum Gasteiger partial charge on any atom is 0.126 e. The number of rotatable bonds is 1. The SMILES string of the molecule is OC1(c2cc(F)ccn2)CC2CCCC(C1)S2. The Morgan fingerprint density at radius 1 is 1.35 bits per heavy atom. The summed E-state index contributed by atoms with van der Waals surface area (Å²) >= 11 is 1.99. The first-order chi connectivity index (χ1) is 8.16. The van der Waals surface area contributed by atoms with Crippen molar-refractivity contribution in [3.8, 4) is 0 Å². The van der Waals surface area contributed by atoms with Crippen LogP contribution in [0, 0.1) is 5.82 Å². The van der Waals surface area contributed by atoms with Crippen molar-refractivity contribution in [2.24, 2.45) is 0 Å². The van der Waals surface area contributed by atoms with E-state index in [1.165, 1.54) is 37.6 Å². The highest BCUT2D eigenvalue weighted by Crippen LogP contribution is 2.48. The molecule has 4 heteroatoms. The van der Waals surface area contributed by atoms with Crippen molar-refractivity contribution in [2.75, 3.05) is 0 Å². The Balaban J connectivity index is 1.90. The molecule has 1 aromatic rings. The van der Waals surface area contributed by atoms with Gasteiger partial charge < -0.3 is 5.11 Å². The number of hydrogen-bond donors (Lipinski definition) is 1. The molecule has 3 heterocycles. The standard InChI is InChI=1S/C13H16FNOS/c14-9-4-5-15-12(6-9)13(16)7-10-2-1-3-11(8-13)17-10/h4-6,10-11,16H,1-3,7-8H2. The first-order valence-electron chi connectivity index (χ1n) is 6.16. The van der Waals surface area contributed by atoms with Crippen molar-refractivity contribution in [3.05, 3.63) is 29.8 Å². The summed E-state index contributed by atoms with van der Waals surface area (Å²) in [5.74, 6) is -0.313. The van der Waals surface area contributed by atoms with Crippen LogP contribution in [0.2, 0.25) is 0 Å². The van der Waals surface area contributed by atoms with Crippen LogP contribution >= 0.6 is 11.8 Å². The van der Waals surface area contributed by atoms with E-state index in [9.17, 15) is 9.50 Å². The third-order valence-corrected chi connectivity index (χ3v) is 5.34. The highest BCUT2D eigenvalue weighted by Gasteiger charge is 2.43. The number of fused-ring (bicyclic) bond motifs is 2. The topological polar surface area (TPSA) is 33.1 Å². The lowest BCUT2D eigenvalue weighted by Gasteiger charge is -2.43. The molecular formula is C13H16FNOS. The molecule has 0 spiro atoms. The van der Waals surface area contributed by atoms with Crippen LogP contribution < -0.4 is 0 Å². The molecule has 2 fully saturated rings. The van der Waals surface area contributed by atoms with E-state index >= 15 is 0 Å². The van der Waals surface area contributed by atoms with E-state index in [0.29, 0.717) is 29.0 Å². The number of aromatic nitrogens is 1. The molecule has 1 aromatic heterocycles. The summed E-state index contributed by atoms with van der Waals surface area (Å²) in [5.41, 5.74) is -0.405. The quantitative estimate of drug-likeness (QED) is 0.835. The zero-order chi connectivity index (χ0) is 11.9. The Hall–Kier alpha value is -0.610. The Morgan fingerprint density at radius 2 is 2.06 bits per heavy atom. The molecule has 2 nitrogen and oxygen atoms in total. The van der Waals surface area contributed by atoms with Gasteiger partial charge in [0.2, 0.25) is 0 Å². The molecule has 0 radical (unpaired) electrons. The third-order valence-electron chi connectivity index (χ3n) is 3.77. The molecule has 2 aliphatic heterocycles. The van der Waals surface area contributed by atoms with Crippen LogP contribution in [0.1, 0.15) is 37.8 Å². The van der Waals surface area contributed by atoms with Gasteiger partial charge in [-0.25, -0.2) is 4.39 Å². The Labute approximate surface area is 105 Å². The largest absolute Gasteiger partial charge is 0.383 e. The summed E-state index contributed by atoms with van der Waals surface area (Å²) < 4.78 is 13.2. The van der Waals surface area contributed by atoms with Gasteiger partial charge >= 0.3 is 0 Å². The van der Waals surface area contributed by atoms with E-state index in [1.54, 1.807) is 0 Å². The van der Waals surface area contributed by atoms with Crippen LogP contribution in [-0.4, -0.2) is 20.6 Å². The van der Waals surface area contributed by atoms with Gasteiger partial charge in [-0.15, -0.1) is 0 Å². The minimum absolute atomic E-state index is 0.313. The predicted octanol–water partition coefficient (Wildman–Crippen LogP) is 2.86. The van der Waals surface area contributed by atoms with E-state index < -0.39 is 5.60 Å². The second kappa shape index (κ2) is 4.25. The zero-order valence-electron chi connectivity index (χ0n) is 9.60. The van der Waals surface area contributed by atoms with Gasteiger partial charge in [-0.3, -0.25) is 4.98 Å². The van der Waals surface area contributed by atoms with Gasteiger partial charge in [-0.2, -0.15) is 11.8 Å². The van der Waals surface area contributed by atoms with Crippen LogP contribution in [0.3, 0.4) is 0 Å². The number of thioether (sulfide) groups is 1. The molecule has 2 unspecified atom stereocenters. The smallest absolute Gasteiger partial charge is 0.126 e. The lowest BCUT2D eigenvalue weighted by atomic mass is 9.83. The molecule has 17 heavy (non-hydrogen) atoms. The molecule has 3 rings (SSSR count). The highest BCUT2D eigenvalue weighted by molar-refractivity contribution is 8.00. The Bertz CT molecular complexity index is 414. The molecule has 0 aliphatic carbocycles. The summed E-state index contributed by atoms with van der Waals surface area (Å²) in [6.07, 6.45) is 6.46. The maximum atomic E-state index is 13.2. The molecule has 2 bridgehead atoms. The second-order valence-corrected chi connectivity index (χ2v) is 6.72. The average Bonchev–Trinajstić information content (AvgIpc) is 2.28. The zero-order valence-corrected chi connectivity index (χ0v) is 10.4. The summed E-state index contributed by atoms with van der Waals surface area (Å²) in [4.78, 5) is 4.16. The van der Waals surface area contributed by atoms with Gasteiger partial charge in [0.1, 0.15) is 11.4 Å². The molecule has 1 N–H and O–H groups in total. The molecule has 0 amide bonds. The van der Waals surface area contributed by atoms with E-state index in [0.717, 1.165) is 0 Å². The highest BCUT2D eigenvalue weighted by atomic mass is 32.2. The summed E-state index contributed by atoms with van der Waals surface area (Å²) in [5, 5.41) is 11.8. The van der Waals surface area contributed by atoms with Gasteiger partial charge in [-0.1, -0.05) is 6.42 Å². The fourth-order valence-electron chi connectivity index (χ4n) is 2.99. The van der Waals surface area contributed by atoms with Crippen molar-refractivity contribution in [1.82, 2.24) is 4.98 Å². The average molecular weight is 253 g/mol. The van der Waals surface area contributed by atoms with Crippen LogP contribution in [-0.2, 0) is 5.60 Å². The van der Waals surface area contributed by atoms with Gasteiger partial charge in [0.25, 0.3) is 0 Å². The lowest BCUT2D eigenvalue weighted by Crippen LogP contribution is -2.41. The van der Waals surface area contributed by atoms with E-state index in [-0.39, 0.29) is 5.82 Å². The number of hydrogen-bond acceptors (Lipinski definition) is 3. The van der Waals surface area contributed by atoms with Crippen LogP contribution in [0.4, 0.5) is 4.39 Å². The molecule has 2 saturated heterocycles. The van der Waals surface area contributed by atoms with Crippen molar-refractivity contribution < 1.29 is 9.50 Å². The van der Waals surface area contributed by atoms with Gasteiger partial charge in [-0.05, 0) is 37.8 Å². The summed E-state index contributed by atoms with van der Waals surface area (Å²) in [7, 11) is 0. The molecule has 0 aromatic carbocycles. The maximum absolute atomic E-state index is 13.2. The summed E-state index contributed by atoms with van der Waals surface area (Å²) in [6.45, 7) is 0. The summed E-state index contributed by atoms with van der Waals surface area (Å²) in [6, 6.07) is 2.71.